The number of hydrogen-bond acceptors (Lipinski definition) is 3. The molecule has 0 saturated carbocycles. The van der Waals surface area contributed by atoms with Crippen molar-refractivity contribution in [2.45, 2.75) is 12.5 Å². The lowest BCUT2D eigenvalue weighted by molar-refractivity contribution is 0.0928. The van der Waals surface area contributed by atoms with Crippen LogP contribution in [0.5, 0.6) is 0 Å². The van der Waals surface area contributed by atoms with Crippen molar-refractivity contribution in [3.05, 3.63) is 34.2 Å². The smallest absolute Gasteiger partial charge is 0.257 e. The largest absolute Gasteiger partial charge is 0.379 e. The van der Waals surface area contributed by atoms with Crippen LogP contribution in [0.4, 0.5) is 0 Å². The number of H-pyrrole nitrogens is 1. The number of carbonyl (C=O) groups is 1. The van der Waals surface area contributed by atoms with Crippen LogP contribution in [0.15, 0.2) is 23.3 Å². The topological polar surface area (TPSA) is 71.2 Å². The highest BCUT2D eigenvalue weighted by molar-refractivity contribution is 5.93. The Bertz CT molecular complexity index is 407. The zero-order valence-corrected chi connectivity index (χ0v) is 8.16. The highest BCUT2D eigenvalue weighted by atomic mass is 16.5. The van der Waals surface area contributed by atoms with Gasteiger partial charge in [0.2, 0.25) is 0 Å². The van der Waals surface area contributed by atoms with E-state index in [0.717, 1.165) is 6.42 Å². The Kier molecular flexibility index (Phi) is 2.82. The van der Waals surface area contributed by atoms with Gasteiger partial charge in [-0.05, 0) is 6.42 Å². The fraction of sp³-hybridized carbons (Fsp3) is 0.400. The molecule has 0 radical (unpaired) electrons. The minimum atomic E-state index is -0.340. The van der Waals surface area contributed by atoms with Crippen LogP contribution in [-0.4, -0.2) is 30.1 Å². The van der Waals surface area contributed by atoms with Crippen LogP contribution in [0, 0.1) is 0 Å². The molecule has 0 aliphatic carbocycles. The summed E-state index contributed by atoms with van der Waals surface area (Å²) in [5.41, 5.74) is -0.130. The molecule has 1 aromatic rings. The number of nitrogens with one attached hydrogen (secondary N) is 2. The Morgan fingerprint density at radius 3 is 3.13 bits per heavy atom. The third-order valence-corrected chi connectivity index (χ3v) is 2.33. The molecule has 1 atom stereocenters. The predicted octanol–water partition coefficient (Wildman–Crippen LogP) is -0.106. The van der Waals surface area contributed by atoms with Crippen molar-refractivity contribution in [3.8, 4) is 0 Å². The third-order valence-electron chi connectivity index (χ3n) is 2.33. The van der Waals surface area contributed by atoms with Crippen LogP contribution >= 0.6 is 0 Å². The first-order valence-electron chi connectivity index (χ1n) is 4.83. The molecule has 1 aliphatic heterocycles. The lowest BCUT2D eigenvalue weighted by Gasteiger charge is -2.09. The summed E-state index contributed by atoms with van der Waals surface area (Å²) < 4.78 is 5.12. The van der Waals surface area contributed by atoms with Crippen LogP contribution in [0.2, 0.25) is 0 Å². The summed E-state index contributed by atoms with van der Waals surface area (Å²) >= 11 is 0. The molecule has 0 bridgehead atoms. The van der Waals surface area contributed by atoms with Crippen LogP contribution < -0.4 is 10.7 Å². The van der Waals surface area contributed by atoms with Gasteiger partial charge in [-0.15, -0.1) is 0 Å². The second kappa shape index (κ2) is 4.27. The van der Waals surface area contributed by atoms with E-state index in [1.54, 1.807) is 0 Å². The molecule has 2 heterocycles. The lowest BCUT2D eigenvalue weighted by Crippen LogP contribution is -2.37. The highest BCUT2D eigenvalue weighted by Crippen LogP contribution is 2.03. The maximum Gasteiger partial charge on any atom is 0.257 e. The van der Waals surface area contributed by atoms with Crippen molar-refractivity contribution in [2.24, 2.45) is 0 Å². The van der Waals surface area contributed by atoms with E-state index < -0.39 is 0 Å². The van der Waals surface area contributed by atoms with Crippen molar-refractivity contribution >= 4 is 5.91 Å². The SMILES string of the molecule is O=C(NC1CCOC1)c1c[nH]ccc1=O. The summed E-state index contributed by atoms with van der Waals surface area (Å²) in [6.45, 7) is 1.19. The fourth-order valence-corrected chi connectivity index (χ4v) is 1.51. The van der Waals surface area contributed by atoms with Gasteiger partial charge in [0.1, 0.15) is 5.56 Å². The predicted molar refractivity (Wildman–Crippen MR) is 53.8 cm³/mol. The molecule has 1 aromatic heterocycles. The minimum Gasteiger partial charge on any atom is -0.379 e. The number of rotatable bonds is 2. The maximum atomic E-state index is 11.6. The number of aromatic nitrogens is 1. The Hall–Kier alpha value is -1.62. The van der Waals surface area contributed by atoms with E-state index in [-0.39, 0.29) is 22.9 Å². The van der Waals surface area contributed by atoms with Crippen LogP contribution in [0.1, 0.15) is 16.8 Å². The van der Waals surface area contributed by atoms with Crippen molar-refractivity contribution < 1.29 is 9.53 Å². The monoisotopic (exact) mass is 208 g/mol. The highest BCUT2D eigenvalue weighted by Gasteiger charge is 2.19. The molecule has 1 amide bonds. The third kappa shape index (κ3) is 2.24. The molecule has 0 aromatic carbocycles. The van der Waals surface area contributed by atoms with Gasteiger partial charge in [-0.25, -0.2) is 0 Å². The first kappa shape index (κ1) is 9.92. The number of aromatic amines is 1. The molecule has 15 heavy (non-hydrogen) atoms. The molecule has 1 unspecified atom stereocenters. The fourth-order valence-electron chi connectivity index (χ4n) is 1.51. The van der Waals surface area contributed by atoms with Gasteiger partial charge in [-0.3, -0.25) is 9.59 Å². The van der Waals surface area contributed by atoms with Gasteiger partial charge in [-0.2, -0.15) is 0 Å². The quantitative estimate of drug-likeness (QED) is 0.712. The van der Waals surface area contributed by atoms with Gasteiger partial charge in [0.05, 0.1) is 12.6 Å². The molecule has 1 saturated heterocycles. The van der Waals surface area contributed by atoms with E-state index in [9.17, 15) is 9.59 Å². The van der Waals surface area contributed by atoms with E-state index in [2.05, 4.69) is 10.3 Å². The molecule has 1 aliphatic rings. The first-order chi connectivity index (χ1) is 7.27. The lowest BCUT2D eigenvalue weighted by atomic mass is 10.2. The Balaban J connectivity index is 2.07. The Labute approximate surface area is 86.5 Å². The minimum absolute atomic E-state index is 0.0251. The van der Waals surface area contributed by atoms with Gasteiger partial charge < -0.3 is 15.0 Å². The summed E-state index contributed by atoms with van der Waals surface area (Å²) in [6, 6.07) is 1.36. The maximum absolute atomic E-state index is 11.6. The average Bonchev–Trinajstić information content (AvgIpc) is 2.71. The van der Waals surface area contributed by atoms with Gasteiger partial charge >= 0.3 is 0 Å². The Morgan fingerprint density at radius 1 is 1.60 bits per heavy atom. The normalized spacial score (nSPS) is 20.1. The van der Waals surface area contributed by atoms with Crippen molar-refractivity contribution in [1.82, 2.24) is 10.3 Å². The number of ether oxygens (including phenoxy) is 1. The van der Waals surface area contributed by atoms with Crippen molar-refractivity contribution in [3.63, 3.8) is 0 Å². The second-order valence-electron chi connectivity index (χ2n) is 3.46. The molecule has 1 fully saturated rings. The van der Waals surface area contributed by atoms with E-state index in [1.165, 1.54) is 18.5 Å². The molecular weight excluding hydrogens is 196 g/mol. The molecule has 5 nitrogen and oxygen atoms in total. The summed E-state index contributed by atoms with van der Waals surface area (Å²) in [7, 11) is 0. The summed E-state index contributed by atoms with van der Waals surface area (Å²) in [5.74, 6) is -0.340. The van der Waals surface area contributed by atoms with Crippen molar-refractivity contribution in [1.29, 1.82) is 0 Å². The molecule has 2 N–H and O–H groups in total. The van der Waals surface area contributed by atoms with E-state index >= 15 is 0 Å². The summed E-state index contributed by atoms with van der Waals surface area (Å²) in [4.78, 5) is 25.7. The average molecular weight is 208 g/mol. The zero-order valence-electron chi connectivity index (χ0n) is 8.16. The van der Waals surface area contributed by atoms with Crippen LogP contribution in [0.3, 0.4) is 0 Å². The first-order valence-corrected chi connectivity index (χ1v) is 4.83. The van der Waals surface area contributed by atoms with Gasteiger partial charge in [0, 0.05) is 25.1 Å². The van der Waals surface area contributed by atoms with E-state index in [0.29, 0.717) is 13.2 Å². The standard InChI is InChI=1S/C10H12N2O3/c13-9-1-3-11-5-8(9)10(14)12-7-2-4-15-6-7/h1,3,5,7H,2,4,6H2,(H,11,13)(H,12,14). The molecule has 5 heteroatoms. The van der Waals surface area contributed by atoms with Crippen LogP contribution in [-0.2, 0) is 4.74 Å². The number of amides is 1. The second-order valence-corrected chi connectivity index (χ2v) is 3.46. The number of hydrogen-bond donors (Lipinski definition) is 2. The Morgan fingerprint density at radius 2 is 2.47 bits per heavy atom. The van der Waals surface area contributed by atoms with Crippen LogP contribution in [0.25, 0.3) is 0 Å². The van der Waals surface area contributed by atoms with Gasteiger partial charge in [0.15, 0.2) is 5.43 Å². The van der Waals surface area contributed by atoms with Gasteiger partial charge in [-0.1, -0.05) is 0 Å². The van der Waals surface area contributed by atoms with Crippen molar-refractivity contribution in [2.75, 3.05) is 13.2 Å². The number of pyridine rings is 1. The summed E-state index contributed by atoms with van der Waals surface area (Å²) in [6.07, 6.45) is 3.71. The molecule has 0 spiro atoms. The van der Waals surface area contributed by atoms with Gasteiger partial charge in [0.25, 0.3) is 5.91 Å². The zero-order chi connectivity index (χ0) is 10.7. The van der Waals surface area contributed by atoms with E-state index in [4.69, 9.17) is 4.74 Å². The molecular formula is C10H12N2O3. The van der Waals surface area contributed by atoms with E-state index in [1.807, 2.05) is 0 Å². The summed E-state index contributed by atoms with van der Waals surface area (Å²) in [5, 5.41) is 2.75. The molecule has 2 rings (SSSR count). The molecule has 80 valence electrons. The number of carbonyl (C=O) groups excluding carboxylic acids is 1.